The summed E-state index contributed by atoms with van der Waals surface area (Å²) in [5.74, 6) is 1.90. The minimum Gasteiger partial charge on any atom is -0.461 e. The van der Waals surface area contributed by atoms with Crippen molar-refractivity contribution in [3.05, 3.63) is 53.3 Å². The minimum atomic E-state index is 0.0537. The number of amides is 1. The minimum absolute atomic E-state index is 0.0537. The SMILES string of the molecule is Cc1cn(C)c([C@@H]2CCCN2C(=O)c2ccc3oc(C)cc3c2)n1. The third kappa shape index (κ3) is 2.40. The van der Waals surface area contributed by atoms with Crippen molar-refractivity contribution in [3.63, 3.8) is 0 Å². The predicted octanol–water partition coefficient (Wildman–Crippen LogP) is 3.76. The van der Waals surface area contributed by atoms with E-state index in [9.17, 15) is 4.79 Å². The summed E-state index contributed by atoms with van der Waals surface area (Å²) >= 11 is 0. The fourth-order valence-corrected chi connectivity index (χ4v) is 3.70. The average molecular weight is 323 g/mol. The summed E-state index contributed by atoms with van der Waals surface area (Å²) < 4.78 is 7.63. The van der Waals surface area contributed by atoms with Gasteiger partial charge in [0.2, 0.25) is 0 Å². The second-order valence-corrected chi connectivity index (χ2v) is 6.62. The Morgan fingerprint density at radius 3 is 2.88 bits per heavy atom. The maximum Gasteiger partial charge on any atom is 0.254 e. The number of hydrogen-bond donors (Lipinski definition) is 0. The molecule has 5 heteroatoms. The molecule has 24 heavy (non-hydrogen) atoms. The molecule has 5 nitrogen and oxygen atoms in total. The van der Waals surface area contributed by atoms with Gasteiger partial charge in [-0.25, -0.2) is 4.98 Å². The number of carbonyl (C=O) groups excluding carboxylic acids is 1. The van der Waals surface area contributed by atoms with E-state index in [2.05, 4.69) is 4.98 Å². The van der Waals surface area contributed by atoms with Gasteiger partial charge in [0.15, 0.2) is 0 Å². The lowest BCUT2D eigenvalue weighted by molar-refractivity contribution is 0.0728. The highest BCUT2D eigenvalue weighted by Crippen LogP contribution is 2.33. The van der Waals surface area contributed by atoms with Gasteiger partial charge >= 0.3 is 0 Å². The summed E-state index contributed by atoms with van der Waals surface area (Å²) in [4.78, 5) is 19.6. The molecule has 3 heterocycles. The first-order valence-corrected chi connectivity index (χ1v) is 8.34. The van der Waals surface area contributed by atoms with E-state index < -0.39 is 0 Å². The molecule has 0 bridgehead atoms. The van der Waals surface area contributed by atoms with Crippen LogP contribution in [0.1, 0.15) is 46.5 Å². The Bertz CT molecular complexity index is 922. The molecule has 3 aromatic rings. The first-order valence-electron chi connectivity index (χ1n) is 8.34. The highest BCUT2D eigenvalue weighted by atomic mass is 16.3. The van der Waals surface area contributed by atoms with E-state index in [1.807, 2.05) is 60.8 Å². The van der Waals surface area contributed by atoms with Crippen molar-refractivity contribution in [3.8, 4) is 0 Å². The third-order valence-electron chi connectivity index (χ3n) is 4.73. The maximum absolute atomic E-state index is 13.1. The summed E-state index contributed by atoms with van der Waals surface area (Å²) in [7, 11) is 2.00. The molecule has 1 aliphatic heterocycles. The van der Waals surface area contributed by atoms with Gasteiger partial charge in [0.1, 0.15) is 17.2 Å². The lowest BCUT2D eigenvalue weighted by Gasteiger charge is -2.24. The van der Waals surface area contributed by atoms with Crippen LogP contribution in [0.3, 0.4) is 0 Å². The van der Waals surface area contributed by atoms with Crippen LogP contribution in [0.2, 0.25) is 0 Å². The Morgan fingerprint density at radius 2 is 2.12 bits per heavy atom. The largest absolute Gasteiger partial charge is 0.461 e. The molecule has 0 radical (unpaired) electrons. The van der Waals surface area contributed by atoms with Crippen LogP contribution in [0.15, 0.2) is 34.9 Å². The van der Waals surface area contributed by atoms with Crippen molar-refractivity contribution in [2.45, 2.75) is 32.7 Å². The van der Waals surface area contributed by atoms with Crippen LogP contribution in [-0.4, -0.2) is 26.9 Å². The number of benzene rings is 1. The fraction of sp³-hybridized carbons (Fsp3) is 0.368. The molecule has 0 unspecified atom stereocenters. The van der Waals surface area contributed by atoms with Gasteiger partial charge in [0, 0.05) is 30.7 Å². The van der Waals surface area contributed by atoms with Crippen LogP contribution in [0.5, 0.6) is 0 Å². The number of aromatic nitrogens is 2. The first-order chi connectivity index (χ1) is 11.5. The number of imidazole rings is 1. The van der Waals surface area contributed by atoms with E-state index in [0.29, 0.717) is 5.56 Å². The Hall–Kier alpha value is -2.56. The molecule has 0 aliphatic carbocycles. The predicted molar refractivity (Wildman–Crippen MR) is 91.9 cm³/mol. The van der Waals surface area contributed by atoms with Gasteiger partial charge in [-0.3, -0.25) is 4.79 Å². The standard InChI is InChI=1S/C19H21N3O2/c1-12-11-21(3)18(20-12)16-5-4-8-22(16)19(23)14-6-7-17-15(10-14)9-13(2)24-17/h6-7,9-11,16H,4-5,8H2,1-3H3/t16-/m0/s1. The highest BCUT2D eigenvalue weighted by molar-refractivity contribution is 5.98. The zero-order valence-electron chi connectivity index (χ0n) is 14.2. The Kier molecular flexibility index (Phi) is 3.44. The maximum atomic E-state index is 13.1. The number of likely N-dealkylation sites (tertiary alicyclic amines) is 1. The monoisotopic (exact) mass is 323 g/mol. The summed E-state index contributed by atoms with van der Waals surface area (Å²) in [6.45, 7) is 4.68. The second kappa shape index (κ2) is 5.51. The molecule has 1 amide bonds. The van der Waals surface area contributed by atoms with Crippen LogP contribution in [0.4, 0.5) is 0 Å². The van der Waals surface area contributed by atoms with Crippen molar-refractivity contribution >= 4 is 16.9 Å². The van der Waals surface area contributed by atoms with E-state index >= 15 is 0 Å². The fourth-order valence-electron chi connectivity index (χ4n) is 3.70. The Labute approximate surface area is 140 Å². The smallest absolute Gasteiger partial charge is 0.254 e. The topological polar surface area (TPSA) is 51.3 Å². The molecule has 124 valence electrons. The van der Waals surface area contributed by atoms with E-state index in [1.165, 1.54) is 0 Å². The second-order valence-electron chi connectivity index (χ2n) is 6.62. The average Bonchev–Trinajstić information content (AvgIpc) is 3.22. The van der Waals surface area contributed by atoms with Crippen molar-refractivity contribution in [1.29, 1.82) is 0 Å². The van der Waals surface area contributed by atoms with Crippen LogP contribution >= 0.6 is 0 Å². The molecule has 0 N–H and O–H groups in total. The number of carbonyl (C=O) groups is 1. The number of aryl methyl sites for hydroxylation is 3. The first kappa shape index (κ1) is 15.0. The highest BCUT2D eigenvalue weighted by Gasteiger charge is 2.33. The van der Waals surface area contributed by atoms with Gasteiger partial charge < -0.3 is 13.9 Å². The summed E-state index contributed by atoms with van der Waals surface area (Å²) in [6, 6.07) is 7.68. The number of nitrogens with zero attached hydrogens (tertiary/aromatic N) is 3. The van der Waals surface area contributed by atoms with Crippen molar-refractivity contribution < 1.29 is 9.21 Å². The lowest BCUT2D eigenvalue weighted by atomic mass is 10.1. The summed E-state index contributed by atoms with van der Waals surface area (Å²) in [6.07, 6.45) is 3.98. The third-order valence-corrected chi connectivity index (χ3v) is 4.73. The van der Waals surface area contributed by atoms with Gasteiger partial charge in [-0.05, 0) is 51.0 Å². The van der Waals surface area contributed by atoms with E-state index in [1.54, 1.807) is 0 Å². The molecule has 0 saturated carbocycles. The molecule has 1 aromatic carbocycles. The lowest BCUT2D eigenvalue weighted by Crippen LogP contribution is -2.31. The van der Waals surface area contributed by atoms with Crippen LogP contribution in [0.25, 0.3) is 11.0 Å². The quantitative estimate of drug-likeness (QED) is 0.721. The van der Waals surface area contributed by atoms with Crippen molar-refractivity contribution in [2.24, 2.45) is 7.05 Å². The Morgan fingerprint density at radius 1 is 1.29 bits per heavy atom. The van der Waals surface area contributed by atoms with Gasteiger partial charge in [0.25, 0.3) is 5.91 Å². The Balaban J connectivity index is 1.67. The molecule has 4 rings (SSSR count). The summed E-state index contributed by atoms with van der Waals surface area (Å²) in [5, 5.41) is 0.974. The number of rotatable bonds is 2. The van der Waals surface area contributed by atoms with Gasteiger partial charge in [-0.1, -0.05) is 0 Å². The molecule has 1 aliphatic rings. The molecule has 1 atom stereocenters. The van der Waals surface area contributed by atoms with Crippen LogP contribution < -0.4 is 0 Å². The van der Waals surface area contributed by atoms with E-state index in [4.69, 9.17) is 4.42 Å². The number of hydrogen-bond acceptors (Lipinski definition) is 3. The molecule has 1 saturated heterocycles. The molecule has 2 aromatic heterocycles. The van der Waals surface area contributed by atoms with Crippen molar-refractivity contribution in [2.75, 3.05) is 6.54 Å². The molecular weight excluding hydrogens is 302 g/mol. The summed E-state index contributed by atoms with van der Waals surface area (Å²) in [5.41, 5.74) is 2.52. The van der Waals surface area contributed by atoms with E-state index in [-0.39, 0.29) is 11.9 Å². The van der Waals surface area contributed by atoms with E-state index in [0.717, 1.165) is 47.6 Å². The molecular formula is C19H21N3O2. The zero-order valence-corrected chi connectivity index (χ0v) is 14.2. The van der Waals surface area contributed by atoms with Gasteiger partial charge in [-0.15, -0.1) is 0 Å². The van der Waals surface area contributed by atoms with Crippen molar-refractivity contribution in [1.82, 2.24) is 14.5 Å². The normalized spacial score (nSPS) is 17.8. The van der Waals surface area contributed by atoms with Crippen LogP contribution in [0, 0.1) is 13.8 Å². The van der Waals surface area contributed by atoms with Gasteiger partial charge in [0.05, 0.1) is 11.7 Å². The number of fused-ring (bicyclic) bond motifs is 1. The van der Waals surface area contributed by atoms with Crippen LogP contribution in [-0.2, 0) is 7.05 Å². The molecule has 0 spiro atoms. The van der Waals surface area contributed by atoms with Gasteiger partial charge in [-0.2, -0.15) is 0 Å². The molecule has 1 fully saturated rings. The number of furan rings is 1. The zero-order chi connectivity index (χ0) is 16.8.